The molecule has 0 aliphatic carbocycles. The van der Waals surface area contributed by atoms with Gasteiger partial charge in [-0.1, -0.05) is 45.0 Å². The van der Waals surface area contributed by atoms with Gasteiger partial charge in [-0.2, -0.15) is 0 Å². The molecular formula is C20H29NO. The Balaban J connectivity index is 2.06. The zero-order valence-electron chi connectivity index (χ0n) is 14.6. The third kappa shape index (κ3) is 4.00. The van der Waals surface area contributed by atoms with Gasteiger partial charge in [-0.25, -0.2) is 0 Å². The van der Waals surface area contributed by atoms with Gasteiger partial charge in [0, 0.05) is 18.2 Å². The standard InChI is InChI=1S/C20H29NO/c1-15-7-6-8-16(2)21(15)19(22)14-11-17-9-12-18(13-10-17)20(3,4)5/h9-16H,6-8H2,1-5H3/b14-11+. The highest BCUT2D eigenvalue weighted by Gasteiger charge is 2.27. The van der Waals surface area contributed by atoms with Gasteiger partial charge >= 0.3 is 0 Å². The van der Waals surface area contributed by atoms with E-state index in [0.717, 1.165) is 18.4 Å². The summed E-state index contributed by atoms with van der Waals surface area (Å²) < 4.78 is 0. The van der Waals surface area contributed by atoms with Crippen molar-refractivity contribution in [2.75, 3.05) is 0 Å². The first kappa shape index (κ1) is 16.8. The molecule has 0 aromatic heterocycles. The number of carbonyl (C=O) groups is 1. The molecular weight excluding hydrogens is 270 g/mol. The van der Waals surface area contributed by atoms with E-state index in [9.17, 15) is 4.79 Å². The van der Waals surface area contributed by atoms with Gasteiger partial charge in [-0.3, -0.25) is 4.79 Å². The largest absolute Gasteiger partial charge is 0.334 e. The van der Waals surface area contributed by atoms with Crippen LogP contribution in [0.25, 0.3) is 6.08 Å². The van der Waals surface area contributed by atoms with Crippen LogP contribution in [0.3, 0.4) is 0 Å². The molecule has 0 bridgehead atoms. The van der Waals surface area contributed by atoms with E-state index in [1.807, 2.05) is 11.0 Å². The van der Waals surface area contributed by atoms with Crippen molar-refractivity contribution in [1.82, 2.24) is 4.90 Å². The minimum Gasteiger partial charge on any atom is -0.334 e. The molecule has 1 saturated heterocycles. The predicted molar refractivity (Wildman–Crippen MR) is 93.8 cm³/mol. The molecule has 0 saturated carbocycles. The number of hydrogen-bond donors (Lipinski definition) is 0. The van der Waals surface area contributed by atoms with E-state index in [0.29, 0.717) is 12.1 Å². The molecule has 0 N–H and O–H groups in total. The van der Waals surface area contributed by atoms with Crippen molar-refractivity contribution in [3.05, 3.63) is 41.5 Å². The van der Waals surface area contributed by atoms with Gasteiger partial charge in [0.2, 0.25) is 5.91 Å². The Morgan fingerprint density at radius 2 is 1.64 bits per heavy atom. The Kier molecular flexibility index (Phi) is 5.10. The molecule has 0 radical (unpaired) electrons. The monoisotopic (exact) mass is 299 g/mol. The molecule has 120 valence electrons. The van der Waals surface area contributed by atoms with Crippen molar-refractivity contribution >= 4 is 12.0 Å². The summed E-state index contributed by atoms with van der Waals surface area (Å²) in [4.78, 5) is 14.5. The van der Waals surface area contributed by atoms with Crippen LogP contribution in [0, 0.1) is 0 Å². The maximum atomic E-state index is 12.5. The lowest BCUT2D eigenvalue weighted by Gasteiger charge is -2.38. The van der Waals surface area contributed by atoms with Crippen LogP contribution >= 0.6 is 0 Å². The van der Waals surface area contributed by atoms with Gasteiger partial charge in [0.25, 0.3) is 0 Å². The predicted octanol–water partition coefficient (Wildman–Crippen LogP) is 4.79. The van der Waals surface area contributed by atoms with Crippen LogP contribution in [0.1, 0.15) is 65.0 Å². The maximum absolute atomic E-state index is 12.5. The molecule has 1 aromatic carbocycles. The number of nitrogens with zero attached hydrogens (tertiary/aromatic N) is 1. The lowest BCUT2D eigenvalue weighted by molar-refractivity contribution is -0.131. The molecule has 2 heteroatoms. The van der Waals surface area contributed by atoms with E-state index in [1.165, 1.54) is 12.0 Å². The summed E-state index contributed by atoms with van der Waals surface area (Å²) in [5.74, 6) is 0.139. The average Bonchev–Trinajstić information content (AvgIpc) is 2.44. The third-order valence-electron chi connectivity index (χ3n) is 4.64. The Morgan fingerprint density at radius 3 is 2.14 bits per heavy atom. The second-order valence-corrected chi connectivity index (χ2v) is 7.58. The SMILES string of the molecule is CC1CCCC(C)N1C(=O)/C=C/c1ccc(C(C)(C)C)cc1. The number of carbonyl (C=O) groups excluding carboxylic acids is 1. The lowest BCUT2D eigenvalue weighted by atomic mass is 9.87. The van der Waals surface area contributed by atoms with Crippen LogP contribution < -0.4 is 0 Å². The summed E-state index contributed by atoms with van der Waals surface area (Å²) in [5.41, 5.74) is 2.56. The summed E-state index contributed by atoms with van der Waals surface area (Å²) in [5, 5.41) is 0. The highest BCUT2D eigenvalue weighted by molar-refractivity contribution is 5.92. The Labute approximate surface area is 135 Å². The Hall–Kier alpha value is -1.57. The van der Waals surface area contributed by atoms with Gasteiger partial charge < -0.3 is 4.90 Å². The van der Waals surface area contributed by atoms with Crippen LogP contribution in [-0.4, -0.2) is 22.9 Å². The number of likely N-dealkylation sites (tertiary alicyclic amines) is 1. The van der Waals surface area contributed by atoms with Crippen molar-refractivity contribution in [2.24, 2.45) is 0 Å². The van der Waals surface area contributed by atoms with Crippen LogP contribution in [0.15, 0.2) is 30.3 Å². The summed E-state index contributed by atoms with van der Waals surface area (Å²) in [7, 11) is 0. The fourth-order valence-electron chi connectivity index (χ4n) is 3.20. The fourth-order valence-corrected chi connectivity index (χ4v) is 3.20. The van der Waals surface area contributed by atoms with Gasteiger partial charge in [0.15, 0.2) is 0 Å². The average molecular weight is 299 g/mol. The van der Waals surface area contributed by atoms with Crippen LogP contribution in [0.5, 0.6) is 0 Å². The zero-order chi connectivity index (χ0) is 16.3. The van der Waals surface area contributed by atoms with Crippen LogP contribution in [-0.2, 0) is 10.2 Å². The van der Waals surface area contributed by atoms with Crippen LogP contribution in [0.2, 0.25) is 0 Å². The molecule has 0 spiro atoms. The molecule has 1 aliphatic heterocycles. The van der Waals surface area contributed by atoms with Gasteiger partial charge in [0.1, 0.15) is 0 Å². The third-order valence-corrected chi connectivity index (χ3v) is 4.64. The molecule has 1 aromatic rings. The minimum atomic E-state index is 0.139. The van der Waals surface area contributed by atoms with Crippen molar-refractivity contribution in [1.29, 1.82) is 0 Å². The molecule has 1 heterocycles. The minimum absolute atomic E-state index is 0.139. The Bertz CT molecular complexity index is 526. The van der Waals surface area contributed by atoms with Crippen molar-refractivity contribution < 1.29 is 4.79 Å². The highest BCUT2D eigenvalue weighted by Crippen LogP contribution is 2.24. The Morgan fingerprint density at radius 1 is 1.09 bits per heavy atom. The highest BCUT2D eigenvalue weighted by atomic mass is 16.2. The zero-order valence-corrected chi connectivity index (χ0v) is 14.6. The number of hydrogen-bond acceptors (Lipinski definition) is 1. The smallest absolute Gasteiger partial charge is 0.247 e. The first-order chi connectivity index (χ1) is 10.3. The maximum Gasteiger partial charge on any atom is 0.247 e. The van der Waals surface area contributed by atoms with Gasteiger partial charge in [-0.05, 0) is 55.7 Å². The van der Waals surface area contributed by atoms with Gasteiger partial charge in [0.05, 0.1) is 0 Å². The molecule has 2 atom stereocenters. The number of rotatable bonds is 2. The first-order valence-electron chi connectivity index (χ1n) is 8.40. The first-order valence-corrected chi connectivity index (χ1v) is 8.40. The molecule has 1 amide bonds. The normalized spacial score (nSPS) is 23.0. The van der Waals surface area contributed by atoms with E-state index in [4.69, 9.17) is 0 Å². The lowest BCUT2D eigenvalue weighted by Crippen LogP contribution is -2.46. The number of benzene rings is 1. The molecule has 1 aliphatic rings. The van der Waals surface area contributed by atoms with Crippen molar-refractivity contribution in [3.63, 3.8) is 0 Å². The van der Waals surface area contributed by atoms with E-state index < -0.39 is 0 Å². The molecule has 2 nitrogen and oxygen atoms in total. The van der Waals surface area contributed by atoms with E-state index in [2.05, 4.69) is 58.9 Å². The fraction of sp³-hybridized carbons (Fsp3) is 0.550. The second-order valence-electron chi connectivity index (χ2n) is 7.58. The topological polar surface area (TPSA) is 20.3 Å². The quantitative estimate of drug-likeness (QED) is 0.719. The van der Waals surface area contributed by atoms with Crippen LogP contribution in [0.4, 0.5) is 0 Å². The number of amides is 1. The van der Waals surface area contributed by atoms with Crippen molar-refractivity contribution in [2.45, 2.75) is 71.4 Å². The second kappa shape index (κ2) is 6.68. The molecule has 1 fully saturated rings. The van der Waals surface area contributed by atoms with E-state index in [-0.39, 0.29) is 11.3 Å². The van der Waals surface area contributed by atoms with Crippen molar-refractivity contribution in [3.8, 4) is 0 Å². The number of piperidine rings is 1. The summed E-state index contributed by atoms with van der Waals surface area (Å²) in [6.45, 7) is 10.9. The molecule has 22 heavy (non-hydrogen) atoms. The van der Waals surface area contributed by atoms with E-state index >= 15 is 0 Å². The van der Waals surface area contributed by atoms with Gasteiger partial charge in [-0.15, -0.1) is 0 Å². The molecule has 2 rings (SSSR count). The molecule has 2 unspecified atom stereocenters. The summed E-state index contributed by atoms with van der Waals surface area (Å²) >= 11 is 0. The summed E-state index contributed by atoms with van der Waals surface area (Å²) in [6, 6.07) is 9.18. The van der Waals surface area contributed by atoms with E-state index in [1.54, 1.807) is 6.08 Å². The summed E-state index contributed by atoms with van der Waals surface area (Å²) in [6.07, 6.45) is 7.12.